The molecule has 0 aromatic heterocycles. The number of benzene rings is 6. The van der Waals surface area contributed by atoms with E-state index >= 15 is 0 Å². The largest absolute Gasteiger partial charge is 0.488 e. The van der Waals surface area contributed by atoms with Gasteiger partial charge in [0.05, 0.1) is 0 Å². The molecular weight excluding hydrogens is 464 g/mol. The van der Waals surface area contributed by atoms with Gasteiger partial charge < -0.3 is 9.47 Å². The Morgan fingerprint density at radius 1 is 0.395 bits per heavy atom. The van der Waals surface area contributed by atoms with Crippen molar-refractivity contribution >= 4 is 21.5 Å². The summed E-state index contributed by atoms with van der Waals surface area (Å²) in [5.74, 6) is 8.57. The molecule has 0 unspecified atom stereocenters. The second-order valence-corrected chi connectivity index (χ2v) is 9.12. The Kier molecular flexibility index (Phi) is 6.74. The summed E-state index contributed by atoms with van der Waals surface area (Å²) in [6.07, 6.45) is 0. The van der Waals surface area contributed by atoms with Crippen LogP contribution >= 0.6 is 0 Å². The van der Waals surface area contributed by atoms with Crippen LogP contribution in [0.25, 0.3) is 21.5 Å². The quantitative estimate of drug-likeness (QED) is 0.218. The van der Waals surface area contributed by atoms with Crippen molar-refractivity contribution < 1.29 is 9.47 Å². The van der Waals surface area contributed by atoms with Gasteiger partial charge in [0.2, 0.25) is 0 Å². The van der Waals surface area contributed by atoms with Gasteiger partial charge >= 0.3 is 0 Å². The molecule has 0 radical (unpaired) electrons. The first-order valence-corrected chi connectivity index (χ1v) is 12.7. The summed E-state index contributed by atoms with van der Waals surface area (Å²) in [5.41, 5.74) is 4.13. The third-order valence-corrected chi connectivity index (χ3v) is 6.54. The fraction of sp³-hybridized carbons (Fsp3) is 0.0556. The second-order valence-electron chi connectivity index (χ2n) is 9.12. The summed E-state index contributed by atoms with van der Waals surface area (Å²) >= 11 is 0. The molecule has 2 heteroatoms. The maximum Gasteiger partial charge on any atom is 0.128 e. The van der Waals surface area contributed by atoms with Crippen LogP contribution in [0, 0.1) is 11.8 Å². The first-order chi connectivity index (χ1) is 18.8. The van der Waals surface area contributed by atoms with Gasteiger partial charge in [-0.3, -0.25) is 0 Å². The topological polar surface area (TPSA) is 18.5 Å². The molecule has 0 bridgehead atoms. The summed E-state index contributed by atoms with van der Waals surface area (Å²) in [7, 11) is 0. The number of ether oxygens (including phenoxy) is 2. The van der Waals surface area contributed by atoms with Crippen LogP contribution in [0.15, 0.2) is 133 Å². The Morgan fingerprint density at radius 2 is 0.789 bits per heavy atom. The number of rotatable bonds is 6. The van der Waals surface area contributed by atoms with E-state index in [4.69, 9.17) is 9.47 Å². The van der Waals surface area contributed by atoms with E-state index in [1.54, 1.807) is 0 Å². The Balaban J connectivity index is 1.37. The van der Waals surface area contributed by atoms with Crippen LogP contribution in [-0.2, 0) is 13.2 Å². The van der Waals surface area contributed by atoms with Crippen molar-refractivity contribution in [3.8, 4) is 23.3 Å². The van der Waals surface area contributed by atoms with Gasteiger partial charge in [0.15, 0.2) is 0 Å². The first kappa shape index (κ1) is 23.4. The lowest BCUT2D eigenvalue weighted by atomic mass is 10.0. The molecule has 0 aliphatic carbocycles. The van der Waals surface area contributed by atoms with Gasteiger partial charge in [0.25, 0.3) is 0 Å². The number of hydrogen-bond acceptors (Lipinski definition) is 2. The molecule has 0 atom stereocenters. The van der Waals surface area contributed by atoms with Gasteiger partial charge in [-0.05, 0) is 46.2 Å². The maximum atomic E-state index is 6.27. The molecule has 0 spiro atoms. The van der Waals surface area contributed by atoms with E-state index in [1.165, 1.54) is 0 Å². The normalized spacial score (nSPS) is 10.6. The predicted molar refractivity (Wildman–Crippen MR) is 155 cm³/mol. The van der Waals surface area contributed by atoms with Crippen molar-refractivity contribution in [3.05, 3.63) is 156 Å². The summed E-state index contributed by atoms with van der Waals surface area (Å²) in [5, 5.41) is 4.26. The number of fused-ring (bicyclic) bond motifs is 2. The predicted octanol–water partition coefficient (Wildman–Crippen LogP) is 8.55. The zero-order chi connectivity index (χ0) is 25.6. The van der Waals surface area contributed by atoms with E-state index in [0.29, 0.717) is 13.2 Å². The zero-order valence-electron chi connectivity index (χ0n) is 20.9. The van der Waals surface area contributed by atoms with Crippen LogP contribution < -0.4 is 9.47 Å². The van der Waals surface area contributed by atoms with Crippen LogP contribution in [0.5, 0.6) is 11.5 Å². The highest BCUT2D eigenvalue weighted by Gasteiger charge is 2.09. The molecule has 0 aliphatic rings. The average Bonchev–Trinajstić information content (AvgIpc) is 2.98. The highest BCUT2D eigenvalue weighted by molar-refractivity contribution is 5.95. The zero-order valence-corrected chi connectivity index (χ0v) is 20.9. The molecule has 38 heavy (non-hydrogen) atoms. The SMILES string of the molecule is C(#Cc1cccc2cccc(OCc3ccccc3)c12)c1cccc2cccc(OCc3ccccc3)c12. The summed E-state index contributed by atoms with van der Waals surface area (Å²) in [6.45, 7) is 1.01. The highest BCUT2D eigenvalue weighted by Crippen LogP contribution is 2.31. The molecule has 0 aliphatic heterocycles. The fourth-order valence-corrected chi connectivity index (χ4v) is 4.67. The molecule has 0 amide bonds. The smallest absolute Gasteiger partial charge is 0.128 e. The van der Waals surface area contributed by atoms with E-state index < -0.39 is 0 Å². The molecule has 6 aromatic rings. The van der Waals surface area contributed by atoms with Crippen molar-refractivity contribution in [2.45, 2.75) is 13.2 Å². The lowest BCUT2D eigenvalue weighted by Crippen LogP contribution is -1.97. The molecular formula is C36H26O2. The molecule has 182 valence electrons. The van der Waals surface area contributed by atoms with Crippen molar-refractivity contribution in [3.63, 3.8) is 0 Å². The van der Waals surface area contributed by atoms with Crippen molar-refractivity contribution in [1.82, 2.24) is 0 Å². The fourth-order valence-electron chi connectivity index (χ4n) is 4.67. The average molecular weight is 491 g/mol. The van der Waals surface area contributed by atoms with Crippen LogP contribution in [0.4, 0.5) is 0 Å². The number of hydrogen-bond donors (Lipinski definition) is 0. The first-order valence-electron chi connectivity index (χ1n) is 12.7. The molecule has 0 saturated carbocycles. The van der Waals surface area contributed by atoms with Crippen LogP contribution in [0.3, 0.4) is 0 Å². The summed E-state index contributed by atoms with van der Waals surface area (Å²) < 4.78 is 12.5. The van der Waals surface area contributed by atoms with Gasteiger partial charge in [0.1, 0.15) is 24.7 Å². The molecule has 6 rings (SSSR count). The Bertz CT molecular complexity index is 1620. The molecule has 2 nitrogen and oxygen atoms in total. The van der Waals surface area contributed by atoms with Gasteiger partial charge in [-0.1, -0.05) is 121 Å². The maximum absolute atomic E-state index is 6.27. The van der Waals surface area contributed by atoms with E-state index in [0.717, 1.165) is 55.3 Å². The minimum atomic E-state index is 0.507. The molecule has 0 fully saturated rings. The molecule has 0 saturated heterocycles. The van der Waals surface area contributed by atoms with Gasteiger partial charge in [-0.15, -0.1) is 0 Å². The molecule has 6 aromatic carbocycles. The lowest BCUT2D eigenvalue weighted by molar-refractivity contribution is 0.310. The second kappa shape index (κ2) is 10.9. The Labute approximate surface area is 223 Å². The highest BCUT2D eigenvalue weighted by atomic mass is 16.5. The van der Waals surface area contributed by atoms with E-state index in [9.17, 15) is 0 Å². The van der Waals surface area contributed by atoms with E-state index in [1.807, 2.05) is 72.8 Å². The van der Waals surface area contributed by atoms with Gasteiger partial charge in [0, 0.05) is 21.9 Å². The third-order valence-electron chi connectivity index (χ3n) is 6.54. The molecule has 0 heterocycles. The third kappa shape index (κ3) is 5.09. The summed E-state index contributed by atoms with van der Waals surface area (Å²) in [6, 6.07) is 45.1. The van der Waals surface area contributed by atoms with Crippen LogP contribution in [0.1, 0.15) is 22.3 Å². The van der Waals surface area contributed by atoms with E-state index in [2.05, 4.69) is 72.5 Å². The van der Waals surface area contributed by atoms with Crippen molar-refractivity contribution in [2.24, 2.45) is 0 Å². The Morgan fingerprint density at radius 3 is 1.21 bits per heavy atom. The Hall–Kier alpha value is -5.00. The minimum Gasteiger partial charge on any atom is -0.488 e. The van der Waals surface area contributed by atoms with Gasteiger partial charge in [-0.2, -0.15) is 0 Å². The van der Waals surface area contributed by atoms with Crippen molar-refractivity contribution in [2.75, 3.05) is 0 Å². The monoisotopic (exact) mass is 490 g/mol. The van der Waals surface area contributed by atoms with Gasteiger partial charge in [-0.25, -0.2) is 0 Å². The summed E-state index contributed by atoms with van der Waals surface area (Å²) in [4.78, 5) is 0. The van der Waals surface area contributed by atoms with Crippen LogP contribution in [0.2, 0.25) is 0 Å². The van der Waals surface area contributed by atoms with E-state index in [-0.39, 0.29) is 0 Å². The lowest BCUT2D eigenvalue weighted by Gasteiger charge is -2.12. The van der Waals surface area contributed by atoms with Crippen LogP contribution in [-0.4, -0.2) is 0 Å². The standard InChI is InChI=1S/C36H26O2/c1-3-11-27(12-4-1)25-37-33-21-9-19-29-15-7-17-31(35(29)33)23-24-32-18-8-16-30-20-10-22-34(36(30)32)38-26-28-13-5-2-6-14-28/h1-22H,25-26H2. The minimum absolute atomic E-state index is 0.507. The molecule has 0 N–H and O–H groups in total. The van der Waals surface area contributed by atoms with Crippen molar-refractivity contribution in [1.29, 1.82) is 0 Å².